The Balaban J connectivity index is 1.37. The number of rotatable bonds is 12. The molecule has 1 fully saturated rings. The summed E-state index contributed by atoms with van der Waals surface area (Å²) in [7, 11) is 2.67. The maximum absolute atomic E-state index is 12.5. The molecule has 1 aromatic carbocycles. The van der Waals surface area contributed by atoms with Crippen LogP contribution in [0, 0.1) is 5.92 Å². The van der Waals surface area contributed by atoms with Crippen LogP contribution < -0.4 is 4.74 Å². The van der Waals surface area contributed by atoms with Crippen molar-refractivity contribution in [2.24, 2.45) is 11.1 Å². The van der Waals surface area contributed by atoms with Crippen molar-refractivity contribution in [3.63, 3.8) is 0 Å². The molecule has 11 heteroatoms. The zero-order chi connectivity index (χ0) is 28.5. The van der Waals surface area contributed by atoms with Crippen molar-refractivity contribution < 1.29 is 37.0 Å². The number of fused-ring (bicyclic) bond motifs is 1. The Morgan fingerprint density at radius 3 is 2.50 bits per heavy atom. The molecule has 0 aliphatic heterocycles. The second-order valence-corrected chi connectivity index (χ2v) is 9.75. The summed E-state index contributed by atoms with van der Waals surface area (Å²) in [6, 6.07) is 12.8. The van der Waals surface area contributed by atoms with Crippen molar-refractivity contribution in [3.05, 3.63) is 59.9 Å². The molecule has 0 saturated heterocycles. The van der Waals surface area contributed by atoms with E-state index in [1.54, 1.807) is 31.4 Å². The summed E-state index contributed by atoms with van der Waals surface area (Å²) < 4.78 is 54.9. The summed E-state index contributed by atoms with van der Waals surface area (Å²) in [6.07, 6.45) is 1.80. The second-order valence-electron chi connectivity index (χ2n) is 9.75. The molecule has 0 bridgehead atoms. The van der Waals surface area contributed by atoms with Crippen molar-refractivity contribution in [2.45, 2.75) is 57.3 Å². The van der Waals surface area contributed by atoms with Crippen LogP contribution in [-0.4, -0.2) is 60.9 Å². The van der Waals surface area contributed by atoms with E-state index in [0.29, 0.717) is 30.4 Å². The van der Waals surface area contributed by atoms with Gasteiger partial charge in [0.25, 0.3) is 0 Å². The first-order chi connectivity index (χ1) is 19.3. The van der Waals surface area contributed by atoms with Gasteiger partial charge in [0.15, 0.2) is 6.10 Å². The van der Waals surface area contributed by atoms with E-state index in [1.165, 1.54) is 19.3 Å². The first kappa shape index (κ1) is 29.4. The molecular formula is C29H34F3N3O5. The number of alkyl halides is 3. The predicted molar refractivity (Wildman–Crippen MR) is 143 cm³/mol. The van der Waals surface area contributed by atoms with Gasteiger partial charge in [-0.1, -0.05) is 36.6 Å². The molecule has 4 rings (SSSR count). The monoisotopic (exact) mass is 561 g/mol. The van der Waals surface area contributed by atoms with Crippen LogP contribution in [0.1, 0.15) is 43.4 Å². The Bertz CT molecular complexity index is 1280. The molecule has 0 radical (unpaired) electrons. The lowest BCUT2D eigenvalue weighted by atomic mass is 9.84. The number of methoxy groups -OCH3 is 1. The highest BCUT2D eigenvalue weighted by molar-refractivity contribution is 6.01. The number of carbonyl (C=O) groups is 1. The molecule has 1 saturated carbocycles. The molecule has 3 aromatic rings. The van der Waals surface area contributed by atoms with E-state index >= 15 is 0 Å². The lowest BCUT2D eigenvalue weighted by Gasteiger charge is -2.22. The Morgan fingerprint density at radius 1 is 1.07 bits per heavy atom. The third kappa shape index (κ3) is 7.97. The van der Waals surface area contributed by atoms with Gasteiger partial charge in [-0.05, 0) is 48.7 Å². The van der Waals surface area contributed by atoms with Gasteiger partial charge < -0.3 is 23.6 Å². The van der Waals surface area contributed by atoms with Gasteiger partial charge in [0.1, 0.15) is 37.4 Å². The summed E-state index contributed by atoms with van der Waals surface area (Å²) >= 11 is 0. The number of halogens is 3. The van der Waals surface area contributed by atoms with Crippen molar-refractivity contribution in [3.8, 4) is 5.75 Å². The van der Waals surface area contributed by atoms with Crippen molar-refractivity contribution in [1.82, 2.24) is 9.55 Å². The minimum atomic E-state index is -4.54. The number of aromatic nitrogens is 2. The van der Waals surface area contributed by atoms with Crippen LogP contribution >= 0.6 is 0 Å². The Labute approximate surface area is 231 Å². The average Bonchev–Trinajstić information content (AvgIpc) is 3.36. The van der Waals surface area contributed by atoms with Crippen molar-refractivity contribution in [2.75, 3.05) is 27.4 Å². The zero-order valence-corrected chi connectivity index (χ0v) is 22.7. The molecule has 8 nitrogen and oxygen atoms in total. The summed E-state index contributed by atoms with van der Waals surface area (Å²) in [6.45, 7) is -0.604. The molecule has 0 spiro atoms. The van der Waals surface area contributed by atoms with E-state index in [9.17, 15) is 18.0 Å². The second kappa shape index (κ2) is 13.6. The van der Waals surface area contributed by atoms with Gasteiger partial charge >= 0.3 is 12.1 Å². The lowest BCUT2D eigenvalue weighted by Crippen LogP contribution is -2.32. The largest absolute Gasteiger partial charge is 0.492 e. The molecule has 40 heavy (non-hydrogen) atoms. The highest BCUT2D eigenvalue weighted by atomic mass is 19.4. The molecule has 1 aliphatic carbocycles. The molecular weight excluding hydrogens is 527 g/mol. The maximum atomic E-state index is 12.5. The van der Waals surface area contributed by atoms with E-state index in [-0.39, 0.29) is 6.42 Å². The van der Waals surface area contributed by atoms with Gasteiger partial charge in [-0.2, -0.15) is 13.2 Å². The van der Waals surface area contributed by atoms with Crippen molar-refractivity contribution >= 4 is 22.7 Å². The molecule has 2 heterocycles. The minimum absolute atomic E-state index is 0.0540. The first-order valence-electron chi connectivity index (χ1n) is 13.3. The number of carbonyl (C=O) groups excluding carboxylic acids is 1. The molecule has 0 amide bonds. The van der Waals surface area contributed by atoms with Crippen LogP contribution in [0.3, 0.4) is 0 Å². The number of nitrogens with zero attached hydrogens (tertiary/aromatic N) is 3. The van der Waals surface area contributed by atoms with Crippen LogP contribution in [0.5, 0.6) is 5.75 Å². The number of benzene rings is 1. The smallest absolute Gasteiger partial charge is 0.411 e. The van der Waals surface area contributed by atoms with Gasteiger partial charge in [-0.25, -0.2) is 9.78 Å². The van der Waals surface area contributed by atoms with Crippen LogP contribution in [0.4, 0.5) is 13.2 Å². The van der Waals surface area contributed by atoms with Crippen LogP contribution in [0.25, 0.3) is 11.0 Å². The Hall–Kier alpha value is -3.60. The number of pyridine rings is 1. The van der Waals surface area contributed by atoms with E-state index in [4.69, 9.17) is 19.3 Å². The molecule has 1 atom stereocenters. The fourth-order valence-corrected chi connectivity index (χ4v) is 4.92. The SMILES string of the molecule is CO/N=C(/c1ccc2ccn(CCOc3ccc(C[C@H](OCC(F)(F)F)C(=O)OC)cc3)c2n1)C1CCCCC1. The molecule has 216 valence electrons. The highest BCUT2D eigenvalue weighted by Gasteiger charge is 2.32. The number of esters is 1. The van der Waals surface area contributed by atoms with Crippen LogP contribution in [0.2, 0.25) is 0 Å². The van der Waals surface area contributed by atoms with Crippen LogP contribution in [0.15, 0.2) is 53.8 Å². The predicted octanol–water partition coefficient (Wildman–Crippen LogP) is 5.71. The van der Waals surface area contributed by atoms with E-state index in [2.05, 4.69) is 9.89 Å². The maximum Gasteiger partial charge on any atom is 0.411 e. The minimum Gasteiger partial charge on any atom is -0.492 e. The fraction of sp³-hybridized carbons (Fsp3) is 0.483. The number of hydrogen-bond acceptors (Lipinski definition) is 7. The number of hydrogen-bond donors (Lipinski definition) is 0. The van der Waals surface area contributed by atoms with E-state index in [0.717, 1.165) is 42.4 Å². The summed E-state index contributed by atoms with van der Waals surface area (Å²) in [4.78, 5) is 21.9. The average molecular weight is 562 g/mol. The highest BCUT2D eigenvalue weighted by Crippen LogP contribution is 2.28. The number of ether oxygens (including phenoxy) is 3. The number of oxime groups is 1. The molecule has 0 N–H and O–H groups in total. The summed E-state index contributed by atoms with van der Waals surface area (Å²) in [5.74, 6) is 0.0682. The van der Waals surface area contributed by atoms with Gasteiger partial charge in [0.2, 0.25) is 0 Å². The van der Waals surface area contributed by atoms with E-state index < -0.39 is 24.9 Å². The van der Waals surface area contributed by atoms with Gasteiger partial charge in [0.05, 0.1) is 19.3 Å². The molecule has 1 aliphatic rings. The summed E-state index contributed by atoms with van der Waals surface area (Å²) in [5.41, 5.74) is 3.17. The van der Waals surface area contributed by atoms with E-state index in [1.807, 2.05) is 29.0 Å². The molecule has 2 aromatic heterocycles. The zero-order valence-electron chi connectivity index (χ0n) is 22.7. The lowest BCUT2D eigenvalue weighted by molar-refractivity contribution is -0.193. The normalized spacial score (nSPS) is 15.7. The van der Waals surface area contributed by atoms with Crippen molar-refractivity contribution in [1.29, 1.82) is 0 Å². The third-order valence-electron chi connectivity index (χ3n) is 6.91. The molecule has 0 unspecified atom stereocenters. The Kier molecular flexibility index (Phi) is 10.0. The topological polar surface area (TPSA) is 84.2 Å². The van der Waals surface area contributed by atoms with Gasteiger partial charge in [-0.15, -0.1) is 0 Å². The van der Waals surface area contributed by atoms with Crippen LogP contribution in [-0.2, 0) is 32.1 Å². The fourth-order valence-electron chi connectivity index (χ4n) is 4.92. The van der Waals surface area contributed by atoms with Gasteiger partial charge in [-0.3, -0.25) is 0 Å². The third-order valence-corrected chi connectivity index (χ3v) is 6.91. The quantitative estimate of drug-likeness (QED) is 0.160. The Morgan fingerprint density at radius 2 is 1.82 bits per heavy atom. The summed E-state index contributed by atoms with van der Waals surface area (Å²) in [5, 5.41) is 5.35. The van der Waals surface area contributed by atoms with Gasteiger partial charge in [0, 0.05) is 23.9 Å². The first-order valence-corrected chi connectivity index (χ1v) is 13.3. The standard InChI is InChI=1S/C29H34F3N3O5/c1-37-28(36)25(40-19-29(30,31)32)18-20-8-11-23(12-9-20)39-17-16-35-15-14-22-10-13-24(33-27(22)35)26(34-38-2)21-6-4-3-5-7-21/h8-15,21,25H,3-7,16-19H2,1-2H3/b34-26+/t25-/m0/s1.